The first-order valence-electron chi connectivity index (χ1n) is 7.09. The minimum Gasteiger partial charge on any atom is -0.448 e. The van der Waals surface area contributed by atoms with Crippen LogP contribution in [0.2, 0.25) is 0 Å². The molecule has 1 aromatic heterocycles. The van der Waals surface area contributed by atoms with Crippen molar-refractivity contribution in [2.75, 3.05) is 19.6 Å². The fourth-order valence-corrected chi connectivity index (χ4v) is 2.59. The maximum atomic E-state index is 5.65. The van der Waals surface area contributed by atoms with Gasteiger partial charge in [-0.1, -0.05) is 0 Å². The molecule has 0 spiro atoms. The molecule has 4 nitrogen and oxygen atoms in total. The molecule has 2 heterocycles. The van der Waals surface area contributed by atoms with E-state index < -0.39 is 0 Å². The highest BCUT2D eigenvalue weighted by molar-refractivity contribution is 5.03. The molecule has 0 radical (unpaired) electrons. The second-order valence-electron chi connectivity index (χ2n) is 5.50. The normalized spacial score (nSPS) is 21.7. The first kappa shape index (κ1) is 13.6. The van der Waals surface area contributed by atoms with Crippen molar-refractivity contribution in [2.45, 2.75) is 51.5 Å². The van der Waals surface area contributed by atoms with Crippen LogP contribution in [-0.4, -0.2) is 35.6 Å². The number of piperidine rings is 1. The molecular weight excluding hydrogens is 226 g/mol. The summed E-state index contributed by atoms with van der Waals surface area (Å²) < 4.78 is 5.65. The van der Waals surface area contributed by atoms with Crippen LogP contribution < -0.4 is 5.73 Å². The fraction of sp³-hybridized carbons (Fsp3) is 0.786. The minimum atomic E-state index is 0.466. The number of nitrogens with zero attached hydrogens (tertiary/aromatic N) is 2. The molecule has 1 aliphatic heterocycles. The van der Waals surface area contributed by atoms with E-state index in [1.54, 1.807) is 6.26 Å². The molecule has 0 aliphatic carbocycles. The average molecular weight is 251 g/mol. The van der Waals surface area contributed by atoms with E-state index in [2.05, 4.69) is 23.7 Å². The molecule has 1 atom stereocenters. The van der Waals surface area contributed by atoms with Crippen molar-refractivity contribution in [3.05, 3.63) is 17.8 Å². The van der Waals surface area contributed by atoms with E-state index in [4.69, 9.17) is 10.2 Å². The van der Waals surface area contributed by atoms with Crippen LogP contribution in [0.5, 0.6) is 0 Å². The lowest BCUT2D eigenvalue weighted by Gasteiger charge is -2.34. The van der Waals surface area contributed by atoms with Crippen molar-refractivity contribution in [2.24, 2.45) is 5.73 Å². The van der Waals surface area contributed by atoms with E-state index in [1.165, 1.54) is 19.4 Å². The molecule has 2 rings (SSSR count). The Balaban J connectivity index is 1.95. The smallest absolute Gasteiger partial charge is 0.198 e. The molecular formula is C14H25N3O. The molecule has 1 saturated heterocycles. The molecule has 0 bridgehead atoms. The zero-order valence-electron chi connectivity index (χ0n) is 11.6. The van der Waals surface area contributed by atoms with Crippen molar-refractivity contribution in [1.29, 1.82) is 0 Å². The molecule has 18 heavy (non-hydrogen) atoms. The molecule has 4 heteroatoms. The Morgan fingerprint density at radius 2 is 2.39 bits per heavy atom. The number of oxazole rings is 1. The Bertz CT molecular complexity index is 362. The lowest BCUT2D eigenvalue weighted by molar-refractivity contribution is 0.157. The number of aromatic nitrogens is 1. The van der Waals surface area contributed by atoms with Gasteiger partial charge in [0.2, 0.25) is 0 Å². The van der Waals surface area contributed by atoms with Gasteiger partial charge in [-0.15, -0.1) is 0 Å². The van der Waals surface area contributed by atoms with Crippen LogP contribution >= 0.6 is 0 Å². The van der Waals surface area contributed by atoms with Crippen molar-refractivity contribution in [3.63, 3.8) is 0 Å². The highest BCUT2D eigenvalue weighted by atomic mass is 16.3. The molecule has 0 aromatic carbocycles. The predicted octanol–water partition coefficient (Wildman–Crippen LogP) is 2.15. The molecule has 102 valence electrons. The summed E-state index contributed by atoms with van der Waals surface area (Å²) in [5.74, 6) is 1.39. The summed E-state index contributed by atoms with van der Waals surface area (Å²) in [6.07, 6.45) is 6.15. The topological polar surface area (TPSA) is 55.3 Å². The van der Waals surface area contributed by atoms with Crippen LogP contribution in [0.25, 0.3) is 0 Å². The van der Waals surface area contributed by atoms with Gasteiger partial charge in [0, 0.05) is 18.5 Å². The third-order valence-corrected chi connectivity index (χ3v) is 3.74. The van der Waals surface area contributed by atoms with Crippen molar-refractivity contribution >= 4 is 0 Å². The molecule has 1 aliphatic rings. The monoisotopic (exact) mass is 251 g/mol. The van der Waals surface area contributed by atoms with E-state index in [0.717, 1.165) is 31.0 Å². The Kier molecular flexibility index (Phi) is 4.78. The van der Waals surface area contributed by atoms with E-state index in [-0.39, 0.29) is 0 Å². The Morgan fingerprint density at radius 3 is 3.11 bits per heavy atom. The van der Waals surface area contributed by atoms with Gasteiger partial charge in [-0.25, -0.2) is 4.98 Å². The summed E-state index contributed by atoms with van der Waals surface area (Å²) in [6.45, 7) is 7.51. The summed E-state index contributed by atoms with van der Waals surface area (Å²) in [7, 11) is 0. The quantitative estimate of drug-likeness (QED) is 0.871. The van der Waals surface area contributed by atoms with Gasteiger partial charge in [-0.05, 0) is 52.6 Å². The van der Waals surface area contributed by atoms with Crippen LogP contribution in [0, 0.1) is 0 Å². The average Bonchev–Trinajstić information content (AvgIpc) is 2.85. The number of hydrogen-bond acceptors (Lipinski definition) is 4. The largest absolute Gasteiger partial charge is 0.448 e. The summed E-state index contributed by atoms with van der Waals surface area (Å²) in [4.78, 5) is 7.13. The van der Waals surface area contributed by atoms with Crippen LogP contribution in [0.1, 0.15) is 50.6 Å². The lowest BCUT2D eigenvalue weighted by atomic mass is 9.97. The third-order valence-electron chi connectivity index (χ3n) is 3.74. The van der Waals surface area contributed by atoms with Crippen LogP contribution in [-0.2, 0) is 6.42 Å². The summed E-state index contributed by atoms with van der Waals surface area (Å²) in [5.41, 5.74) is 6.57. The predicted molar refractivity (Wildman–Crippen MR) is 72.6 cm³/mol. The van der Waals surface area contributed by atoms with E-state index in [0.29, 0.717) is 18.5 Å². The van der Waals surface area contributed by atoms with Crippen molar-refractivity contribution in [3.8, 4) is 0 Å². The molecule has 0 amide bonds. The maximum Gasteiger partial charge on any atom is 0.198 e. The standard InChI is InChI=1S/C14H25N3O/c1-11(2)17-8-4-5-12(9-17)14-16-13(10-18-14)6-3-7-15/h10-12H,3-9,15H2,1-2H3. The van der Waals surface area contributed by atoms with Gasteiger partial charge in [0.05, 0.1) is 5.69 Å². The Labute approximate surface area is 110 Å². The van der Waals surface area contributed by atoms with E-state index >= 15 is 0 Å². The van der Waals surface area contributed by atoms with Gasteiger partial charge in [0.1, 0.15) is 6.26 Å². The van der Waals surface area contributed by atoms with Gasteiger partial charge >= 0.3 is 0 Å². The number of nitrogens with two attached hydrogens (primary N) is 1. The number of rotatable bonds is 5. The molecule has 1 unspecified atom stereocenters. The van der Waals surface area contributed by atoms with Gasteiger partial charge in [0.15, 0.2) is 5.89 Å². The fourth-order valence-electron chi connectivity index (χ4n) is 2.59. The number of hydrogen-bond donors (Lipinski definition) is 1. The lowest BCUT2D eigenvalue weighted by Crippen LogP contribution is -2.39. The third kappa shape index (κ3) is 3.33. The SMILES string of the molecule is CC(C)N1CCCC(c2nc(CCCN)co2)C1. The Hall–Kier alpha value is -0.870. The van der Waals surface area contributed by atoms with Crippen molar-refractivity contribution in [1.82, 2.24) is 9.88 Å². The van der Waals surface area contributed by atoms with Gasteiger partial charge in [-0.2, -0.15) is 0 Å². The van der Waals surface area contributed by atoms with Crippen LogP contribution in [0.3, 0.4) is 0 Å². The Morgan fingerprint density at radius 1 is 1.56 bits per heavy atom. The molecule has 1 fully saturated rings. The zero-order chi connectivity index (χ0) is 13.0. The van der Waals surface area contributed by atoms with Crippen molar-refractivity contribution < 1.29 is 4.42 Å². The summed E-state index contributed by atoms with van der Waals surface area (Å²) in [5, 5.41) is 0. The number of likely N-dealkylation sites (tertiary alicyclic amines) is 1. The zero-order valence-corrected chi connectivity index (χ0v) is 11.6. The van der Waals surface area contributed by atoms with E-state index in [9.17, 15) is 0 Å². The first-order valence-corrected chi connectivity index (χ1v) is 7.09. The molecule has 2 N–H and O–H groups in total. The highest BCUT2D eigenvalue weighted by Crippen LogP contribution is 2.27. The molecule has 0 saturated carbocycles. The first-order chi connectivity index (χ1) is 8.70. The summed E-state index contributed by atoms with van der Waals surface area (Å²) in [6, 6.07) is 0.611. The van der Waals surface area contributed by atoms with Gasteiger partial charge in [0.25, 0.3) is 0 Å². The van der Waals surface area contributed by atoms with Crippen LogP contribution in [0.15, 0.2) is 10.7 Å². The second kappa shape index (κ2) is 6.34. The summed E-state index contributed by atoms with van der Waals surface area (Å²) >= 11 is 0. The van der Waals surface area contributed by atoms with Gasteiger partial charge in [-0.3, -0.25) is 0 Å². The second-order valence-corrected chi connectivity index (χ2v) is 5.50. The van der Waals surface area contributed by atoms with E-state index in [1.807, 2.05) is 0 Å². The minimum absolute atomic E-state index is 0.466. The van der Waals surface area contributed by atoms with Crippen LogP contribution in [0.4, 0.5) is 0 Å². The number of aryl methyl sites for hydroxylation is 1. The maximum absolute atomic E-state index is 5.65. The van der Waals surface area contributed by atoms with Gasteiger partial charge < -0.3 is 15.1 Å². The molecule has 1 aromatic rings. The highest BCUT2D eigenvalue weighted by Gasteiger charge is 2.26.